The second kappa shape index (κ2) is 8.29. The number of piperidine rings is 1. The summed E-state index contributed by atoms with van der Waals surface area (Å²) in [6.07, 6.45) is 3.51. The standard InChI is InChI=1S/C20H19BrN4O4S/c21-13-4-5-15(20(27)25-10-6-14(26)7-11-25)17(12-13)24-30(28,29)18-3-1-2-16-19(18)23-9-8-22-16/h1-5,8-9,12,14,24,26H,6-7,10-11H2. The quantitative estimate of drug-likeness (QED) is 0.581. The predicted molar refractivity (Wildman–Crippen MR) is 116 cm³/mol. The highest BCUT2D eigenvalue weighted by molar-refractivity contribution is 9.10. The van der Waals surface area contributed by atoms with Crippen LogP contribution in [0.4, 0.5) is 5.69 Å². The van der Waals surface area contributed by atoms with E-state index in [9.17, 15) is 18.3 Å². The Morgan fingerprint density at radius 1 is 1.13 bits per heavy atom. The maximum atomic E-state index is 13.2. The van der Waals surface area contributed by atoms with Gasteiger partial charge in [-0.15, -0.1) is 0 Å². The summed E-state index contributed by atoms with van der Waals surface area (Å²) >= 11 is 3.34. The molecule has 0 aliphatic carbocycles. The minimum Gasteiger partial charge on any atom is -0.393 e. The van der Waals surface area contributed by atoms with Gasteiger partial charge >= 0.3 is 0 Å². The van der Waals surface area contributed by atoms with E-state index in [0.29, 0.717) is 35.9 Å². The molecule has 1 amide bonds. The van der Waals surface area contributed by atoms with Crippen LogP contribution in [0.3, 0.4) is 0 Å². The predicted octanol–water partition coefficient (Wildman–Crippen LogP) is 2.79. The minimum absolute atomic E-state index is 0.0208. The van der Waals surface area contributed by atoms with E-state index in [2.05, 4.69) is 30.6 Å². The molecular formula is C20H19BrN4O4S. The summed E-state index contributed by atoms with van der Waals surface area (Å²) in [6, 6.07) is 9.55. The van der Waals surface area contributed by atoms with E-state index in [-0.39, 0.29) is 27.6 Å². The van der Waals surface area contributed by atoms with Gasteiger partial charge in [0.1, 0.15) is 10.4 Å². The number of benzene rings is 2. The van der Waals surface area contributed by atoms with E-state index in [4.69, 9.17) is 0 Å². The maximum absolute atomic E-state index is 13.2. The number of hydrogen-bond donors (Lipinski definition) is 2. The summed E-state index contributed by atoms with van der Waals surface area (Å²) in [6.45, 7) is 0.836. The third-order valence-electron chi connectivity index (χ3n) is 4.96. The number of aromatic nitrogens is 2. The van der Waals surface area contributed by atoms with E-state index >= 15 is 0 Å². The van der Waals surface area contributed by atoms with Crippen molar-refractivity contribution in [3.05, 3.63) is 58.8 Å². The Morgan fingerprint density at radius 2 is 1.87 bits per heavy atom. The summed E-state index contributed by atoms with van der Waals surface area (Å²) in [5.41, 5.74) is 1.11. The fourth-order valence-electron chi connectivity index (χ4n) is 3.41. The molecule has 1 fully saturated rings. The Kier molecular flexibility index (Phi) is 5.72. The molecule has 8 nitrogen and oxygen atoms in total. The fraction of sp³-hybridized carbons (Fsp3) is 0.250. The largest absolute Gasteiger partial charge is 0.393 e. The Labute approximate surface area is 182 Å². The maximum Gasteiger partial charge on any atom is 0.264 e. The number of aliphatic hydroxyl groups is 1. The molecule has 4 rings (SSSR count). The first-order chi connectivity index (χ1) is 14.3. The van der Waals surface area contributed by atoms with Gasteiger partial charge in [0, 0.05) is 30.0 Å². The Morgan fingerprint density at radius 3 is 2.63 bits per heavy atom. The zero-order valence-corrected chi connectivity index (χ0v) is 18.2. The molecule has 30 heavy (non-hydrogen) atoms. The van der Waals surface area contributed by atoms with Crippen LogP contribution in [0.25, 0.3) is 11.0 Å². The van der Waals surface area contributed by atoms with Gasteiger partial charge in [-0.25, -0.2) is 8.42 Å². The number of sulfonamides is 1. The number of anilines is 1. The van der Waals surface area contributed by atoms with Crippen molar-refractivity contribution in [1.82, 2.24) is 14.9 Å². The van der Waals surface area contributed by atoms with Crippen LogP contribution >= 0.6 is 15.9 Å². The normalized spacial score (nSPS) is 15.3. The van der Waals surface area contributed by atoms with Gasteiger partial charge in [0.15, 0.2) is 0 Å². The van der Waals surface area contributed by atoms with Crippen LogP contribution in [0.2, 0.25) is 0 Å². The van der Waals surface area contributed by atoms with Crippen molar-refractivity contribution in [2.45, 2.75) is 23.8 Å². The lowest BCUT2D eigenvalue weighted by Crippen LogP contribution is -2.40. The molecule has 10 heteroatoms. The van der Waals surface area contributed by atoms with Gasteiger partial charge in [0.25, 0.3) is 15.9 Å². The van der Waals surface area contributed by atoms with Crippen molar-refractivity contribution < 1.29 is 18.3 Å². The first-order valence-electron chi connectivity index (χ1n) is 9.34. The zero-order valence-electron chi connectivity index (χ0n) is 15.8. The second-order valence-corrected chi connectivity index (χ2v) is 9.57. The summed E-state index contributed by atoms with van der Waals surface area (Å²) in [7, 11) is -4.04. The van der Waals surface area contributed by atoms with Gasteiger partial charge in [-0.1, -0.05) is 22.0 Å². The van der Waals surface area contributed by atoms with Gasteiger partial charge in [-0.3, -0.25) is 19.5 Å². The average molecular weight is 491 g/mol. The smallest absolute Gasteiger partial charge is 0.264 e. The molecule has 1 saturated heterocycles. The molecule has 156 valence electrons. The fourth-order valence-corrected chi connectivity index (χ4v) is 5.01. The SMILES string of the molecule is O=C(c1ccc(Br)cc1NS(=O)(=O)c1cccc2nccnc12)N1CCC(O)CC1. The molecule has 0 saturated carbocycles. The van der Waals surface area contributed by atoms with Gasteiger partial charge in [0.05, 0.1) is 22.9 Å². The van der Waals surface area contributed by atoms with Crippen LogP contribution in [0.5, 0.6) is 0 Å². The van der Waals surface area contributed by atoms with Gasteiger partial charge in [-0.05, 0) is 43.2 Å². The number of hydrogen-bond acceptors (Lipinski definition) is 6. The molecular weight excluding hydrogens is 472 g/mol. The average Bonchev–Trinajstić information content (AvgIpc) is 2.73. The third kappa shape index (κ3) is 4.16. The summed E-state index contributed by atoms with van der Waals surface area (Å²) in [5, 5.41) is 9.69. The molecule has 0 unspecified atom stereocenters. The first kappa shape index (κ1) is 20.7. The van der Waals surface area contributed by atoms with Crippen molar-refractivity contribution in [2.75, 3.05) is 17.8 Å². The highest BCUT2D eigenvalue weighted by Crippen LogP contribution is 2.28. The zero-order chi connectivity index (χ0) is 21.3. The molecule has 2 heterocycles. The van der Waals surface area contributed by atoms with Crippen molar-refractivity contribution in [2.24, 2.45) is 0 Å². The number of likely N-dealkylation sites (tertiary alicyclic amines) is 1. The minimum atomic E-state index is -4.04. The molecule has 2 N–H and O–H groups in total. The molecule has 3 aromatic rings. The lowest BCUT2D eigenvalue weighted by molar-refractivity contribution is 0.0547. The number of para-hydroxylation sites is 1. The number of aliphatic hydroxyl groups excluding tert-OH is 1. The van der Waals surface area contributed by atoms with Gasteiger partial charge < -0.3 is 10.0 Å². The molecule has 1 aliphatic heterocycles. The number of halogens is 1. The molecule has 1 aromatic heterocycles. The molecule has 0 spiro atoms. The number of rotatable bonds is 4. The number of fused-ring (bicyclic) bond motifs is 1. The second-order valence-electron chi connectivity index (χ2n) is 7.00. The van der Waals surface area contributed by atoms with E-state index in [1.807, 2.05) is 0 Å². The summed E-state index contributed by atoms with van der Waals surface area (Å²) in [5.74, 6) is -0.287. The first-order valence-corrected chi connectivity index (χ1v) is 11.6. The molecule has 0 atom stereocenters. The molecule has 2 aromatic carbocycles. The van der Waals surface area contributed by atoms with Crippen LogP contribution in [0.1, 0.15) is 23.2 Å². The van der Waals surface area contributed by atoms with Crippen molar-refractivity contribution in [3.8, 4) is 0 Å². The number of amides is 1. The monoisotopic (exact) mass is 490 g/mol. The molecule has 0 radical (unpaired) electrons. The van der Waals surface area contributed by atoms with Crippen LogP contribution < -0.4 is 4.72 Å². The lowest BCUT2D eigenvalue weighted by atomic mass is 10.1. The van der Waals surface area contributed by atoms with E-state index < -0.39 is 16.1 Å². The number of carbonyl (C=O) groups is 1. The lowest BCUT2D eigenvalue weighted by Gasteiger charge is -2.30. The van der Waals surface area contributed by atoms with Crippen LogP contribution in [-0.4, -0.2) is 53.5 Å². The van der Waals surface area contributed by atoms with Crippen LogP contribution in [0, 0.1) is 0 Å². The van der Waals surface area contributed by atoms with E-state index in [0.717, 1.165) is 0 Å². The van der Waals surface area contributed by atoms with E-state index in [1.54, 1.807) is 35.2 Å². The number of nitrogens with zero attached hydrogens (tertiary/aromatic N) is 3. The highest BCUT2D eigenvalue weighted by atomic mass is 79.9. The summed E-state index contributed by atoms with van der Waals surface area (Å²) < 4.78 is 29.5. The Bertz CT molecular complexity index is 1210. The highest BCUT2D eigenvalue weighted by Gasteiger charge is 2.26. The summed E-state index contributed by atoms with van der Waals surface area (Å²) in [4.78, 5) is 22.9. The van der Waals surface area contributed by atoms with Crippen molar-refractivity contribution in [1.29, 1.82) is 0 Å². The topological polar surface area (TPSA) is 112 Å². The van der Waals surface area contributed by atoms with Crippen LogP contribution in [0.15, 0.2) is 58.2 Å². The van der Waals surface area contributed by atoms with Crippen LogP contribution in [-0.2, 0) is 10.0 Å². The number of nitrogens with one attached hydrogen (secondary N) is 1. The van der Waals surface area contributed by atoms with Gasteiger partial charge in [0.2, 0.25) is 0 Å². The van der Waals surface area contributed by atoms with E-state index in [1.165, 1.54) is 18.5 Å². The van der Waals surface area contributed by atoms with Gasteiger partial charge in [-0.2, -0.15) is 0 Å². The Hall–Kier alpha value is -2.56. The Balaban J connectivity index is 1.70. The number of carbonyl (C=O) groups excluding carboxylic acids is 1. The molecule has 1 aliphatic rings. The van der Waals surface area contributed by atoms with Crippen molar-refractivity contribution in [3.63, 3.8) is 0 Å². The third-order valence-corrected chi connectivity index (χ3v) is 6.85. The molecule has 0 bridgehead atoms. The van der Waals surface area contributed by atoms with Crippen molar-refractivity contribution >= 4 is 48.6 Å².